The van der Waals surface area contributed by atoms with E-state index in [2.05, 4.69) is 31.4 Å². The second-order valence-electron chi connectivity index (χ2n) is 6.12. The maximum Gasteiger partial charge on any atom is 0.234 e. The van der Waals surface area contributed by atoms with Crippen LogP contribution in [0, 0.1) is 13.8 Å². The van der Waals surface area contributed by atoms with Crippen LogP contribution in [0.3, 0.4) is 0 Å². The summed E-state index contributed by atoms with van der Waals surface area (Å²) in [5, 5.41) is 12.8. The number of anilines is 1. The second-order valence-corrected chi connectivity index (χ2v) is 8.42. The Morgan fingerprint density at radius 3 is 2.44 bits per heavy atom. The van der Waals surface area contributed by atoms with Gasteiger partial charge >= 0.3 is 0 Å². The molecule has 0 saturated carbocycles. The van der Waals surface area contributed by atoms with Gasteiger partial charge in [0.1, 0.15) is 0 Å². The van der Waals surface area contributed by atoms with E-state index in [0.29, 0.717) is 10.2 Å². The Morgan fingerprint density at radius 2 is 1.81 bits per heavy atom. The summed E-state index contributed by atoms with van der Waals surface area (Å²) in [5.74, 6) is 0.903. The molecular weight excluding hydrogens is 448 g/mol. The predicted octanol–water partition coefficient (Wildman–Crippen LogP) is 5.25. The number of halogens is 2. The zero-order valence-electron chi connectivity index (χ0n) is 15.1. The van der Waals surface area contributed by atoms with Gasteiger partial charge in [0, 0.05) is 27.8 Å². The molecule has 0 bridgehead atoms. The summed E-state index contributed by atoms with van der Waals surface area (Å²) in [7, 11) is 1.88. The summed E-state index contributed by atoms with van der Waals surface area (Å²) >= 11 is 10.7. The van der Waals surface area contributed by atoms with E-state index < -0.39 is 0 Å². The Hall–Kier alpha value is -1.83. The first kappa shape index (κ1) is 19.9. The molecule has 1 amide bonds. The number of thioether (sulfide) groups is 1. The van der Waals surface area contributed by atoms with E-state index >= 15 is 0 Å². The molecule has 1 aromatic heterocycles. The molecule has 27 heavy (non-hydrogen) atoms. The molecule has 1 N–H and O–H groups in total. The van der Waals surface area contributed by atoms with Crippen molar-refractivity contribution in [2.24, 2.45) is 7.05 Å². The van der Waals surface area contributed by atoms with E-state index in [0.717, 1.165) is 32.7 Å². The SMILES string of the molecule is Cc1cc(Br)cc(C)c1NC(=O)CSc1nnc(-c2ccc(Cl)cc2)n1C. The zero-order chi connectivity index (χ0) is 19.6. The Bertz CT molecular complexity index is 965. The lowest BCUT2D eigenvalue weighted by Crippen LogP contribution is -2.16. The second kappa shape index (κ2) is 8.46. The molecule has 5 nitrogen and oxygen atoms in total. The molecule has 0 aliphatic carbocycles. The Kier molecular flexibility index (Phi) is 6.24. The Labute approximate surface area is 175 Å². The number of hydrogen-bond acceptors (Lipinski definition) is 4. The lowest BCUT2D eigenvalue weighted by Gasteiger charge is -2.12. The van der Waals surface area contributed by atoms with Crippen molar-refractivity contribution in [1.29, 1.82) is 0 Å². The van der Waals surface area contributed by atoms with Crippen molar-refractivity contribution in [2.75, 3.05) is 11.1 Å². The fourth-order valence-electron chi connectivity index (χ4n) is 2.70. The van der Waals surface area contributed by atoms with Crippen LogP contribution in [-0.4, -0.2) is 26.4 Å². The number of hydrogen-bond donors (Lipinski definition) is 1. The third kappa shape index (κ3) is 4.72. The molecule has 0 unspecified atom stereocenters. The number of benzene rings is 2. The van der Waals surface area contributed by atoms with Crippen LogP contribution in [-0.2, 0) is 11.8 Å². The summed E-state index contributed by atoms with van der Waals surface area (Å²) < 4.78 is 2.87. The largest absolute Gasteiger partial charge is 0.325 e. The van der Waals surface area contributed by atoms with Crippen LogP contribution in [0.2, 0.25) is 5.02 Å². The molecule has 3 aromatic rings. The van der Waals surface area contributed by atoms with Crippen LogP contribution in [0.25, 0.3) is 11.4 Å². The van der Waals surface area contributed by atoms with Crippen LogP contribution in [0.5, 0.6) is 0 Å². The summed E-state index contributed by atoms with van der Waals surface area (Å²) in [4.78, 5) is 12.4. The summed E-state index contributed by atoms with van der Waals surface area (Å²) in [6.45, 7) is 3.95. The van der Waals surface area contributed by atoms with Crippen molar-refractivity contribution in [2.45, 2.75) is 19.0 Å². The highest BCUT2D eigenvalue weighted by Crippen LogP contribution is 2.27. The number of aryl methyl sites for hydroxylation is 2. The average Bonchev–Trinajstić information content (AvgIpc) is 2.98. The van der Waals surface area contributed by atoms with E-state index in [1.165, 1.54) is 11.8 Å². The van der Waals surface area contributed by atoms with E-state index in [1.807, 2.05) is 61.9 Å². The number of rotatable bonds is 5. The molecule has 0 aliphatic heterocycles. The van der Waals surface area contributed by atoms with Gasteiger partial charge in [-0.25, -0.2) is 0 Å². The molecule has 2 aromatic carbocycles. The first-order chi connectivity index (χ1) is 12.8. The molecule has 3 rings (SSSR count). The zero-order valence-corrected chi connectivity index (χ0v) is 18.2. The fourth-order valence-corrected chi connectivity index (χ4v) is 4.23. The minimum absolute atomic E-state index is 0.0791. The fraction of sp³-hybridized carbons (Fsp3) is 0.211. The lowest BCUT2D eigenvalue weighted by atomic mass is 10.1. The van der Waals surface area contributed by atoms with Crippen LogP contribution < -0.4 is 5.32 Å². The van der Waals surface area contributed by atoms with Crippen molar-refractivity contribution in [3.05, 3.63) is 57.0 Å². The summed E-state index contributed by atoms with van der Waals surface area (Å²) in [5.41, 5.74) is 3.81. The standard InChI is InChI=1S/C19H18BrClN4OS/c1-11-8-14(20)9-12(2)17(11)22-16(26)10-27-19-24-23-18(25(19)3)13-4-6-15(21)7-5-13/h4-9H,10H2,1-3H3,(H,22,26). The van der Waals surface area contributed by atoms with E-state index in [9.17, 15) is 4.79 Å². The van der Waals surface area contributed by atoms with Gasteiger partial charge < -0.3 is 9.88 Å². The molecule has 8 heteroatoms. The third-order valence-corrected chi connectivity index (χ3v) is 5.76. The first-order valence-electron chi connectivity index (χ1n) is 8.20. The normalized spacial score (nSPS) is 10.9. The minimum Gasteiger partial charge on any atom is -0.325 e. The maximum atomic E-state index is 12.4. The molecule has 0 saturated heterocycles. The summed E-state index contributed by atoms with van der Waals surface area (Å²) in [6.07, 6.45) is 0. The Balaban J connectivity index is 1.67. The number of carbonyl (C=O) groups excluding carboxylic acids is 1. The average molecular weight is 466 g/mol. The highest BCUT2D eigenvalue weighted by atomic mass is 79.9. The van der Waals surface area contributed by atoms with Gasteiger partial charge in [-0.05, 0) is 61.4 Å². The number of aromatic nitrogens is 3. The highest BCUT2D eigenvalue weighted by Gasteiger charge is 2.14. The third-order valence-electron chi connectivity index (χ3n) is 4.03. The number of amides is 1. The van der Waals surface area contributed by atoms with Gasteiger partial charge in [0.2, 0.25) is 5.91 Å². The van der Waals surface area contributed by atoms with Crippen molar-refractivity contribution in [3.63, 3.8) is 0 Å². The molecule has 0 spiro atoms. The molecule has 140 valence electrons. The van der Waals surface area contributed by atoms with E-state index in [-0.39, 0.29) is 11.7 Å². The van der Waals surface area contributed by atoms with E-state index in [4.69, 9.17) is 11.6 Å². The Morgan fingerprint density at radius 1 is 1.19 bits per heavy atom. The molecule has 0 radical (unpaired) electrons. The summed E-state index contributed by atoms with van der Waals surface area (Å²) in [6, 6.07) is 11.4. The molecule has 0 fully saturated rings. The van der Waals surface area contributed by atoms with Crippen molar-refractivity contribution in [3.8, 4) is 11.4 Å². The monoisotopic (exact) mass is 464 g/mol. The van der Waals surface area contributed by atoms with Gasteiger partial charge in [-0.3, -0.25) is 4.79 Å². The van der Waals surface area contributed by atoms with Gasteiger partial charge in [-0.2, -0.15) is 0 Å². The van der Waals surface area contributed by atoms with Crippen molar-refractivity contribution in [1.82, 2.24) is 14.8 Å². The minimum atomic E-state index is -0.0791. The topological polar surface area (TPSA) is 59.8 Å². The highest BCUT2D eigenvalue weighted by molar-refractivity contribution is 9.10. The lowest BCUT2D eigenvalue weighted by molar-refractivity contribution is -0.113. The van der Waals surface area contributed by atoms with Gasteiger partial charge in [0.25, 0.3) is 0 Å². The number of carbonyl (C=O) groups is 1. The smallest absolute Gasteiger partial charge is 0.234 e. The van der Waals surface area contributed by atoms with E-state index in [1.54, 1.807) is 0 Å². The van der Waals surface area contributed by atoms with Gasteiger partial charge in [-0.1, -0.05) is 39.3 Å². The first-order valence-corrected chi connectivity index (χ1v) is 10.4. The molecule has 0 atom stereocenters. The van der Waals surface area contributed by atoms with Crippen LogP contribution in [0.1, 0.15) is 11.1 Å². The van der Waals surface area contributed by atoms with Gasteiger partial charge in [-0.15, -0.1) is 10.2 Å². The van der Waals surface area contributed by atoms with Crippen LogP contribution in [0.4, 0.5) is 5.69 Å². The molecule has 0 aliphatic rings. The van der Waals surface area contributed by atoms with Crippen molar-refractivity contribution >= 4 is 50.9 Å². The predicted molar refractivity (Wildman–Crippen MR) is 114 cm³/mol. The van der Waals surface area contributed by atoms with Gasteiger partial charge in [0.05, 0.1) is 5.75 Å². The van der Waals surface area contributed by atoms with Gasteiger partial charge in [0.15, 0.2) is 11.0 Å². The van der Waals surface area contributed by atoms with Crippen molar-refractivity contribution < 1.29 is 4.79 Å². The maximum absolute atomic E-state index is 12.4. The number of nitrogens with one attached hydrogen (secondary N) is 1. The quantitative estimate of drug-likeness (QED) is 0.523. The molecule has 1 heterocycles. The van der Waals surface area contributed by atoms with Crippen LogP contribution >= 0.6 is 39.3 Å². The molecular formula is C19H18BrClN4OS. The van der Waals surface area contributed by atoms with Crippen LogP contribution in [0.15, 0.2) is 46.0 Å². The number of nitrogens with zero attached hydrogens (tertiary/aromatic N) is 3.